The third-order valence-corrected chi connectivity index (χ3v) is 8.40. The van der Waals surface area contributed by atoms with E-state index in [2.05, 4.69) is 9.71 Å². The second-order valence-electron chi connectivity index (χ2n) is 7.62. The zero-order valence-electron chi connectivity index (χ0n) is 15.1. The molecule has 1 amide bonds. The Labute approximate surface area is 157 Å². The van der Waals surface area contributed by atoms with Crippen LogP contribution in [0.3, 0.4) is 0 Å². The molecule has 3 aliphatic heterocycles. The Morgan fingerprint density at radius 1 is 1.54 bits per heavy atom. The van der Waals surface area contributed by atoms with Gasteiger partial charge >= 0.3 is 0 Å². The summed E-state index contributed by atoms with van der Waals surface area (Å²) in [6, 6.07) is 0. The minimum absolute atomic E-state index is 0.00782. The molecule has 2 bridgehead atoms. The first kappa shape index (κ1) is 18.3. The molecule has 26 heavy (non-hydrogen) atoms. The van der Waals surface area contributed by atoms with E-state index in [1.807, 2.05) is 11.8 Å². The van der Waals surface area contributed by atoms with Crippen LogP contribution >= 0.6 is 11.3 Å². The van der Waals surface area contributed by atoms with E-state index in [9.17, 15) is 13.2 Å². The minimum Gasteiger partial charge on any atom is -0.369 e. The van der Waals surface area contributed by atoms with Crippen molar-refractivity contribution in [2.75, 3.05) is 33.7 Å². The molecule has 3 aliphatic rings. The van der Waals surface area contributed by atoms with Crippen LogP contribution in [0.15, 0.2) is 5.51 Å². The van der Waals surface area contributed by atoms with Crippen molar-refractivity contribution in [3.05, 3.63) is 16.1 Å². The molecule has 0 unspecified atom stereocenters. The normalized spacial score (nSPS) is 33.2. The first-order chi connectivity index (χ1) is 12.2. The third-order valence-electron chi connectivity index (χ3n) is 5.99. The van der Waals surface area contributed by atoms with Gasteiger partial charge in [0.1, 0.15) is 4.88 Å². The highest BCUT2D eigenvalue weighted by atomic mass is 32.2. The van der Waals surface area contributed by atoms with Gasteiger partial charge in [0, 0.05) is 39.0 Å². The molecule has 0 aliphatic carbocycles. The third kappa shape index (κ3) is 2.78. The maximum atomic E-state index is 12.9. The fourth-order valence-corrected chi connectivity index (χ4v) is 6.03. The minimum atomic E-state index is -3.46. The maximum Gasteiger partial charge on any atom is 0.278 e. The number of thiazole rings is 1. The Hall–Kier alpha value is -1.07. The number of fused-ring (bicyclic) bond motifs is 1. The number of hydrogen-bond donors (Lipinski definition) is 1. The van der Waals surface area contributed by atoms with Crippen LogP contribution in [0.4, 0.5) is 0 Å². The maximum absolute atomic E-state index is 12.9. The summed E-state index contributed by atoms with van der Waals surface area (Å²) in [5.74, 6) is 0.274. The molecule has 0 radical (unpaired) electrons. The van der Waals surface area contributed by atoms with Crippen LogP contribution in [0.25, 0.3) is 0 Å². The van der Waals surface area contributed by atoms with E-state index < -0.39 is 10.2 Å². The summed E-state index contributed by atoms with van der Waals surface area (Å²) in [6.07, 6.45) is 1.93. The van der Waals surface area contributed by atoms with E-state index in [1.165, 1.54) is 29.7 Å². The van der Waals surface area contributed by atoms with E-state index in [0.717, 1.165) is 18.5 Å². The molecule has 4 atom stereocenters. The average molecular weight is 401 g/mol. The Kier molecular flexibility index (Phi) is 4.39. The van der Waals surface area contributed by atoms with Crippen molar-refractivity contribution in [3.63, 3.8) is 0 Å². The lowest BCUT2D eigenvalue weighted by molar-refractivity contribution is 0.00328. The standard InChI is InChI=1S/C16H24N4O4S2/c1-10-14(25-9-17-10)15(21)20-7-12-11(6-18-26(22,23)19(2)3)13-4-5-16(12,8-20)24-13/h9,11-13,18H,4-8H2,1-3H3/t11-,12+,13+,16+/m0/s1. The number of carbonyl (C=O) groups excluding carboxylic acids is 1. The lowest BCUT2D eigenvalue weighted by atomic mass is 9.74. The Morgan fingerprint density at radius 3 is 2.96 bits per heavy atom. The SMILES string of the molecule is Cc1ncsc1C(=O)N1C[C@@H]2[C@H](CNS(=O)(=O)N(C)C)[C@H]3CC[C@]2(C1)O3. The lowest BCUT2D eigenvalue weighted by Crippen LogP contribution is -2.44. The summed E-state index contributed by atoms with van der Waals surface area (Å²) >= 11 is 1.37. The number of carbonyl (C=O) groups is 1. The molecule has 1 aromatic heterocycles. The van der Waals surface area contributed by atoms with Crippen molar-refractivity contribution in [1.82, 2.24) is 18.9 Å². The summed E-state index contributed by atoms with van der Waals surface area (Å²) in [6.45, 7) is 3.39. The van der Waals surface area contributed by atoms with Crippen LogP contribution in [0.5, 0.6) is 0 Å². The molecule has 0 saturated carbocycles. The summed E-state index contributed by atoms with van der Waals surface area (Å²) in [5, 5.41) is 0. The predicted molar refractivity (Wildman–Crippen MR) is 97.2 cm³/mol. The van der Waals surface area contributed by atoms with Gasteiger partial charge in [0.15, 0.2) is 0 Å². The van der Waals surface area contributed by atoms with Crippen LogP contribution in [-0.4, -0.2) is 73.9 Å². The molecule has 3 saturated heterocycles. The average Bonchev–Trinajstić information content (AvgIpc) is 3.31. The van der Waals surface area contributed by atoms with Gasteiger partial charge in [-0.05, 0) is 19.8 Å². The molecular formula is C16H24N4O4S2. The molecule has 1 aromatic rings. The first-order valence-corrected chi connectivity index (χ1v) is 11.1. The van der Waals surface area contributed by atoms with Gasteiger partial charge in [-0.3, -0.25) is 4.79 Å². The number of hydrogen-bond acceptors (Lipinski definition) is 6. The van der Waals surface area contributed by atoms with Crippen LogP contribution in [0.1, 0.15) is 28.2 Å². The number of likely N-dealkylation sites (tertiary alicyclic amines) is 1. The molecule has 3 fully saturated rings. The summed E-state index contributed by atoms with van der Waals surface area (Å²) in [7, 11) is -0.447. The topological polar surface area (TPSA) is 91.8 Å². The Morgan fingerprint density at radius 2 is 2.31 bits per heavy atom. The summed E-state index contributed by atoms with van der Waals surface area (Å²) in [5.41, 5.74) is 2.14. The highest BCUT2D eigenvalue weighted by Crippen LogP contribution is 2.54. The molecule has 4 heterocycles. The molecule has 1 spiro atoms. The van der Waals surface area contributed by atoms with Gasteiger partial charge in [-0.15, -0.1) is 11.3 Å². The fraction of sp³-hybridized carbons (Fsp3) is 0.750. The molecular weight excluding hydrogens is 376 g/mol. The summed E-state index contributed by atoms with van der Waals surface area (Å²) < 4.78 is 34.3. The fourth-order valence-electron chi connectivity index (χ4n) is 4.60. The van der Waals surface area contributed by atoms with Crippen molar-refractivity contribution >= 4 is 27.5 Å². The van der Waals surface area contributed by atoms with Crippen LogP contribution in [0, 0.1) is 18.8 Å². The largest absolute Gasteiger partial charge is 0.369 e. The van der Waals surface area contributed by atoms with Gasteiger partial charge in [-0.1, -0.05) is 0 Å². The highest BCUT2D eigenvalue weighted by Gasteiger charge is 2.63. The zero-order chi connectivity index (χ0) is 18.7. The molecule has 144 valence electrons. The van der Waals surface area contributed by atoms with Crippen molar-refractivity contribution in [1.29, 1.82) is 0 Å². The molecule has 4 rings (SSSR count). The monoisotopic (exact) mass is 400 g/mol. The number of rotatable bonds is 5. The number of amides is 1. The summed E-state index contributed by atoms with van der Waals surface area (Å²) in [4.78, 5) is 19.6. The lowest BCUT2D eigenvalue weighted by Gasteiger charge is -2.29. The number of nitrogens with zero attached hydrogens (tertiary/aromatic N) is 3. The van der Waals surface area contributed by atoms with Gasteiger partial charge in [0.05, 0.1) is 29.5 Å². The van der Waals surface area contributed by atoms with Crippen molar-refractivity contribution < 1.29 is 17.9 Å². The van der Waals surface area contributed by atoms with E-state index >= 15 is 0 Å². The quantitative estimate of drug-likeness (QED) is 0.776. The zero-order valence-corrected chi connectivity index (χ0v) is 16.8. The predicted octanol–water partition coefficient (Wildman–Crippen LogP) is 0.467. The highest BCUT2D eigenvalue weighted by molar-refractivity contribution is 7.87. The second-order valence-corrected chi connectivity index (χ2v) is 10.4. The molecule has 0 aromatic carbocycles. The van der Waals surface area contributed by atoms with Gasteiger partial charge in [-0.2, -0.15) is 12.7 Å². The Balaban J connectivity index is 1.50. The van der Waals surface area contributed by atoms with Gasteiger partial charge in [-0.25, -0.2) is 9.71 Å². The Bertz CT molecular complexity index is 824. The van der Waals surface area contributed by atoms with Crippen LogP contribution in [-0.2, 0) is 14.9 Å². The van der Waals surface area contributed by atoms with E-state index in [1.54, 1.807) is 5.51 Å². The van der Waals surface area contributed by atoms with E-state index in [-0.39, 0.29) is 29.4 Å². The van der Waals surface area contributed by atoms with Gasteiger partial charge in [0.25, 0.3) is 16.1 Å². The van der Waals surface area contributed by atoms with Crippen molar-refractivity contribution in [3.8, 4) is 0 Å². The number of nitrogens with one attached hydrogen (secondary N) is 1. The number of aromatic nitrogens is 1. The van der Waals surface area contributed by atoms with Crippen LogP contribution < -0.4 is 4.72 Å². The smallest absolute Gasteiger partial charge is 0.278 e. The molecule has 1 N–H and O–H groups in total. The number of ether oxygens (including phenoxy) is 1. The van der Waals surface area contributed by atoms with Crippen molar-refractivity contribution in [2.45, 2.75) is 31.5 Å². The second kappa shape index (κ2) is 6.23. The van der Waals surface area contributed by atoms with E-state index in [4.69, 9.17) is 4.74 Å². The molecule has 10 heteroatoms. The van der Waals surface area contributed by atoms with Crippen molar-refractivity contribution in [2.24, 2.45) is 11.8 Å². The van der Waals surface area contributed by atoms with Gasteiger partial charge in [0.2, 0.25) is 0 Å². The molecule has 8 nitrogen and oxygen atoms in total. The van der Waals surface area contributed by atoms with Crippen LogP contribution in [0.2, 0.25) is 0 Å². The van der Waals surface area contributed by atoms with E-state index in [0.29, 0.717) is 24.5 Å². The van der Waals surface area contributed by atoms with Gasteiger partial charge < -0.3 is 9.64 Å². The number of aryl methyl sites for hydroxylation is 1. The first-order valence-electron chi connectivity index (χ1n) is 8.78.